The lowest BCUT2D eigenvalue weighted by molar-refractivity contribution is 0.0957. The lowest BCUT2D eigenvalue weighted by Crippen LogP contribution is -2.39. The molecule has 1 aromatic carbocycles. The van der Waals surface area contributed by atoms with E-state index in [4.69, 9.17) is 9.84 Å². The molecular weight excluding hydrogens is 214 g/mol. The number of aliphatic hydroxyl groups is 1. The highest BCUT2D eigenvalue weighted by Gasteiger charge is 2.21. The summed E-state index contributed by atoms with van der Waals surface area (Å²) in [6.07, 6.45) is 2.38. The summed E-state index contributed by atoms with van der Waals surface area (Å²) in [6, 6.07) is 9.18. The van der Waals surface area contributed by atoms with Gasteiger partial charge in [-0.2, -0.15) is 0 Å². The quantitative estimate of drug-likeness (QED) is 0.790. The molecule has 0 spiro atoms. The molecule has 1 atom stereocenters. The Bertz CT molecular complexity index is 354. The van der Waals surface area contributed by atoms with Gasteiger partial charge in [0.1, 0.15) is 0 Å². The maximum Gasteiger partial charge on any atom is 0.0698 e. The molecule has 0 saturated heterocycles. The fourth-order valence-corrected chi connectivity index (χ4v) is 2.43. The number of ether oxygens (including phenoxy) is 1. The van der Waals surface area contributed by atoms with E-state index in [-0.39, 0.29) is 6.61 Å². The third-order valence-electron chi connectivity index (χ3n) is 3.38. The minimum Gasteiger partial charge on any atom is -0.394 e. The fourth-order valence-electron chi connectivity index (χ4n) is 2.43. The number of hydrogen-bond donors (Lipinski definition) is 1. The summed E-state index contributed by atoms with van der Waals surface area (Å²) < 4.78 is 5.36. The van der Waals surface area contributed by atoms with Gasteiger partial charge in [-0.3, -0.25) is 0 Å². The van der Waals surface area contributed by atoms with E-state index in [1.807, 2.05) is 0 Å². The molecule has 3 heteroatoms. The number of fused-ring (bicyclic) bond motifs is 1. The second-order valence-corrected chi connectivity index (χ2v) is 4.55. The van der Waals surface area contributed by atoms with Crippen LogP contribution in [0.4, 0.5) is 5.69 Å². The first-order chi connectivity index (χ1) is 8.33. The summed E-state index contributed by atoms with van der Waals surface area (Å²) in [6.45, 7) is 4.38. The highest BCUT2D eigenvalue weighted by Crippen LogP contribution is 2.29. The second kappa shape index (κ2) is 6.03. The zero-order valence-corrected chi connectivity index (χ0v) is 10.4. The summed E-state index contributed by atoms with van der Waals surface area (Å²) in [4.78, 5) is 2.41. The summed E-state index contributed by atoms with van der Waals surface area (Å²) in [7, 11) is 0. The molecule has 3 nitrogen and oxygen atoms in total. The summed E-state index contributed by atoms with van der Waals surface area (Å²) in [5.74, 6) is 0. The Morgan fingerprint density at radius 2 is 2.18 bits per heavy atom. The van der Waals surface area contributed by atoms with Crippen LogP contribution in [0.2, 0.25) is 0 Å². The molecule has 0 amide bonds. The van der Waals surface area contributed by atoms with Gasteiger partial charge in [0.2, 0.25) is 0 Å². The van der Waals surface area contributed by atoms with Crippen LogP contribution in [0.1, 0.15) is 18.9 Å². The molecular formula is C14H21NO2. The van der Waals surface area contributed by atoms with Gasteiger partial charge in [0.15, 0.2) is 0 Å². The monoisotopic (exact) mass is 235 g/mol. The van der Waals surface area contributed by atoms with Crippen LogP contribution in [0.3, 0.4) is 0 Å². The van der Waals surface area contributed by atoms with Crippen LogP contribution in [0.5, 0.6) is 0 Å². The van der Waals surface area contributed by atoms with Crippen LogP contribution in [-0.2, 0) is 11.2 Å². The Hall–Kier alpha value is -1.06. The number of para-hydroxylation sites is 1. The van der Waals surface area contributed by atoms with Crippen molar-refractivity contribution in [2.75, 3.05) is 31.3 Å². The molecule has 1 heterocycles. The van der Waals surface area contributed by atoms with E-state index in [9.17, 15) is 0 Å². The number of anilines is 1. The molecule has 17 heavy (non-hydrogen) atoms. The first kappa shape index (κ1) is 12.4. The van der Waals surface area contributed by atoms with Gasteiger partial charge >= 0.3 is 0 Å². The van der Waals surface area contributed by atoms with E-state index in [0.717, 1.165) is 6.54 Å². The molecule has 0 aromatic heterocycles. The van der Waals surface area contributed by atoms with Crippen molar-refractivity contribution < 1.29 is 9.84 Å². The molecule has 1 N–H and O–H groups in total. The molecule has 0 bridgehead atoms. The van der Waals surface area contributed by atoms with Crippen LogP contribution < -0.4 is 4.90 Å². The smallest absolute Gasteiger partial charge is 0.0698 e. The third kappa shape index (κ3) is 2.99. The molecule has 2 rings (SSSR count). The van der Waals surface area contributed by atoms with Crippen LogP contribution >= 0.6 is 0 Å². The topological polar surface area (TPSA) is 32.7 Å². The predicted molar refractivity (Wildman–Crippen MR) is 69.5 cm³/mol. The summed E-state index contributed by atoms with van der Waals surface area (Å²) in [5.41, 5.74) is 2.78. The Balaban J connectivity index is 2.00. The van der Waals surface area contributed by atoms with Gasteiger partial charge in [0.25, 0.3) is 0 Å². The lowest BCUT2D eigenvalue weighted by Gasteiger charge is -2.37. The molecule has 1 aromatic rings. The SMILES string of the molecule is CC1CCc2ccccc2N1CCOCCO. The van der Waals surface area contributed by atoms with Crippen molar-refractivity contribution in [3.63, 3.8) is 0 Å². The minimum atomic E-state index is 0.103. The summed E-state index contributed by atoms with van der Waals surface area (Å²) in [5, 5.41) is 8.67. The van der Waals surface area contributed by atoms with Crippen LogP contribution in [-0.4, -0.2) is 37.5 Å². The average molecular weight is 235 g/mol. The maximum absolute atomic E-state index is 8.67. The number of rotatable bonds is 5. The maximum atomic E-state index is 8.67. The predicted octanol–water partition coefficient (Wildman–Crippen LogP) is 1.84. The van der Waals surface area contributed by atoms with Crippen molar-refractivity contribution in [2.45, 2.75) is 25.8 Å². The van der Waals surface area contributed by atoms with Gasteiger partial charge in [-0.05, 0) is 31.4 Å². The molecule has 1 aliphatic rings. The van der Waals surface area contributed by atoms with Crippen molar-refractivity contribution in [3.05, 3.63) is 29.8 Å². The van der Waals surface area contributed by atoms with Crippen molar-refractivity contribution in [1.82, 2.24) is 0 Å². The fraction of sp³-hybridized carbons (Fsp3) is 0.571. The molecule has 1 aliphatic heterocycles. The Morgan fingerprint density at radius 3 is 3.00 bits per heavy atom. The first-order valence-electron chi connectivity index (χ1n) is 6.36. The van der Waals surface area contributed by atoms with E-state index < -0.39 is 0 Å². The standard InChI is InChI=1S/C14H21NO2/c1-12-6-7-13-4-2-3-5-14(13)15(12)8-10-17-11-9-16/h2-5,12,16H,6-11H2,1H3. The van der Waals surface area contributed by atoms with E-state index in [0.29, 0.717) is 19.3 Å². The average Bonchev–Trinajstić information content (AvgIpc) is 2.37. The van der Waals surface area contributed by atoms with E-state index in [1.54, 1.807) is 0 Å². The Kier molecular flexibility index (Phi) is 4.40. The van der Waals surface area contributed by atoms with E-state index in [1.165, 1.54) is 24.1 Å². The molecule has 1 unspecified atom stereocenters. The van der Waals surface area contributed by atoms with Gasteiger partial charge in [-0.15, -0.1) is 0 Å². The van der Waals surface area contributed by atoms with Crippen LogP contribution in [0.15, 0.2) is 24.3 Å². The Labute approximate surface area is 103 Å². The van der Waals surface area contributed by atoms with Crippen molar-refractivity contribution >= 4 is 5.69 Å². The summed E-state index contributed by atoms with van der Waals surface area (Å²) >= 11 is 0. The largest absolute Gasteiger partial charge is 0.394 e. The second-order valence-electron chi connectivity index (χ2n) is 4.55. The highest BCUT2D eigenvalue weighted by atomic mass is 16.5. The Morgan fingerprint density at radius 1 is 1.35 bits per heavy atom. The van der Waals surface area contributed by atoms with Gasteiger partial charge < -0.3 is 14.7 Å². The lowest BCUT2D eigenvalue weighted by atomic mass is 9.97. The van der Waals surface area contributed by atoms with Crippen LogP contribution in [0.25, 0.3) is 0 Å². The molecule has 94 valence electrons. The minimum absolute atomic E-state index is 0.103. The molecule has 0 fully saturated rings. The number of benzene rings is 1. The van der Waals surface area contributed by atoms with E-state index >= 15 is 0 Å². The van der Waals surface area contributed by atoms with E-state index in [2.05, 4.69) is 36.1 Å². The highest BCUT2D eigenvalue weighted by molar-refractivity contribution is 5.56. The van der Waals surface area contributed by atoms with Crippen molar-refractivity contribution in [2.24, 2.45) is 0 Å². The zero-order chi connectivity index (χ0) is 12.1. The third-order valence-corrected chi connectivity index (χ3v) is 3.38. The van der Waals surface area contributed by atoms with Gasteiger partial charge in [0.05, 0.1) is 19.8 Å². The van der Waals surface area contributed by atoms with Gasteiger partial charge in [-0.1, -0.05) is 18.2 Å². The van der Waals surface area contributed by atoms with Gasteiger partial charge in [0, 0.05) is 18.3 Å². The number of nitrogens with zero attached hydrogens (tertiary/aromatic N) is 1. The molecule has 0 aliphatic carbocycles. The van der Waals surface area contributed by atoms with Crippen molar-refractivity contribution in [1.29, 1.82) is 0 Å². The van der Waals surface area contributed by atoms with Crippen LogP contribution in [0, 0.1) is 0 Å². The first-order valence-corrected chi connectivity index (χ1v) is 6.36. The normalized spacial score (nSPS) is 19.2. The zero-order valence-electron chi connectivity index (χ0n) is 10.4. The molecule has 0 saturated carbocycles. The number of aliphatic hydroxyl groups excluding tert-OH is 1. The number of hydrogen-bond acceptors (Lipinski definition) is 3. The number of aryl methyl sites for hydroxylation is 1. The molecule has 0 radical (unpaired) electrons. The van der Waals surface area contributed by atoms with Gasteiger partial charge in [-0.25, -0.2) is 0 Å². The van der Waals surface area contributed by atoms with Crippen molar-refractivity contribution in [3.8, 4) is 0 Å².